The van der Waals surface area contributed by atoms with E-state index in [4.69, 9.17) is 10.5 Å². The monoisotopic (exact) mass is 285 g/mol. The number of hydrogen-bond acceptors (Lipinski definition) is 4. The molecule has 1 aliphatic heterocycles. The number of nitrogens with zero attached hydrogens (tertiary/aromatic N) is 1. The van der Waals surface area contributed by atoms with Crippen molar-refractivity contribution in [1.29, 1.82) is 0 Å². The van der Waals surface area contributed by atoms with Crippen LogP contribution < -0.4 is 11.1 Å². The predicted octanol–water partition coefficient (Wildman–Crippen LogP) is 1.24. The molecule has 0 radical (unpaired) electrons. The van der Waals surface area contributed by atoms with Gasteiger partial charge in [0.25, 0.3) is 0 Å². The van der Waals surface area contributed by atoms with Gasteiger partial charge in [-0.1, -0.05) is 0 Å². The Kier molecular flexibility index (Phi) is 6.26. The summed E-state index contributed by atoms with van der Waals surface area (Å²) in [5, 5.41) is 2.99. The van der Waals surface area contributed by atoms with Crippen molar-refractivity contribution in [3.8, 4) is 0 Å². The van der Waals surface area contributed by atoms with E-state index in [9.17, 15) is 9.59 Å². The van der Waals surface area contributed by atoms with E-state index in [2.05, 4.69) is 5.32 Å². The van der Waals surface area contributed by atoms with Crippen LogP contribution in [-0.2, 0) is 9.53 Å². The molecule has 0 aromatic rings. The van der Waals surface area contributed by atoms with Crippen molar-refractivity contribution >= 4 is 12.0 Å². The lowest BCUT2D eigenvalue weighted by Gasteiger charge is -2.33. The average Bonchev–Trinajstić information content (AvgIpc) is 2.35. The van der Waals surface area contributed by atoms with Crippen molar-refractivity contribution in [2.45, 2.75) is 58.1 Å². The molecule has 0 unspecified atom stereocenters. The molecule has 0 atom stereocenters. The molecule has 6 heteroatoms. The first kappa shape index (κ1) is 16.8. The van der Waals surface area contributed by atoms with Crippen LogP contribution in [0.15, 0.2) is 0 Å². The zero-order valence-electron chi connectivity index (χ0n) is 12.8. The molecule has 20 heavy (non-hydrogen) atoms. The standard InChI is InChI=1S/C14H27N3O3/c1-14(2,3)20-13(19)17-9-6-11(7-10-17)16-12(18)5-4-8-15/h11H,4-10,15H2,1-3H3,(H,16,18). The first-order chi connectivity index (χ1) is 9.31. The SMILES string of the molecule is CC(C)(C)OC(=O)N1CCC(NC(=O)CCCN)CC1. The van der Waals surface area contributed by atoms with Crippen molar-refractivity contribution < 1.29 is 14.3 Å². The third kappa shape index (κ3) is 6.23. The van der Waals surface area contributed by atoms with Gasteiger partial charge in [0.05, 0.1) is 0 Å². The topological polar surface area (TPSA) is 84.7 Å². The minimum atomic E-state index is -0.468. The fraction of sp³-hybridized carbons (Fsp3) is 0.857. The van der Waals surface area contributed by atoms with Gasteiger partial charge in [0.15, 0.2) is 0 Å². The maximum absolute atomic E-state index is 11.9. The molecule has 0 spiro atoms. The predicted molar refractivity (Wildman–Crippen MR) is 77.3 cm³/mol. The number of hydrogen-bond donors (Lipinski definition) is 2. The van der Waals surface area contributed by atoms with E-state index in [0.717, 1.165) is 12.8 Å². The summed E-state index contributed by atoms with van der Waals surface area (Å²) in [6.07, 6.45) is 2.46. The van der Waals surface area contributed by atoms with E-state index in [1.807, 2.05) is 20.8 Å². The van der Waals surface area contributed by atoms with Crippen molar-refractivity contribution in [2.24, 2.45) is 5.73 Å². The molecule has 116 valence electrons. The highest BCUT2D eigenvalue weighted by molar-refractivity contribution is 5.76. The molecule has 0 bridgehead atoms. The van der Waals surface area contributed by atoms with Crippen LogP contribution in [0.4, 0.5) is 4.79 Å². The maximum atomic E-state index is 11.9. The molecule has 1 aliphatic rings. The van der Waals surface area contributed by atoms with Crippen molar-refractivity contribution in [1.82, 2.24) is 10.2 Å². The summed E-state index contributed by atoms with van der Waals surface area (Å²) in [5.74, 6) is 0.0474. The van der Waals surface area contributed by atoms with Gasteiger partial charge in [0.1, 0.15) is 5.60 Å². The van der Waals surface area contributed by atoms with E-state index in [-0.39, 0.29) is 18.0 Å². The van der Waals surface area contributed by atoms with E-state index in [0.29, 0.717) is 32.5 Å². The van der Waals surface area contributed by atoms with Crippen LogP contribution in [0.1, 0.15) is 46.5 Å². The van der Waals surface area contributed by atoms with Crippen LogP contribution in [0.3, 0.4) is 0 Å². The van der Waals surface area contributed by atoms with Crippen LogP contribution >= 0.6 is 0 Å². The molecule has 2 amide bonds. The second-order valence-electron chi connectivity index (χ2n) is 6.20. The van der Waals surface area contributed by atoms with Gasteiger partial charge in [-0.2, -0.15) is 0 Å². The second kappa shape index (κ2) is 7.47. The Hall–Kier alpha value is -1.30. The zero-order valence-corrected chi connectivity index (χ0v) is 12.8. The van der Waals surface area contributed by atoms with Crippen molar-refractivity contribution in [3.05, 3.63) is 0 Å². The molecule has 6 nitrogen and oxygen atoms in total. The Labute approximate surface area is 121 Å². The Balaban J connectivity index is 2.29. The van der Waals surface area contributed by atoms with Gasteiger partial charge in [0.2, 0.25) is 5.91 Å². The molecule has 3 N–H and O–H groups in total. The van der Waals surface area contributed by atoms with E-state index < -0.39 is 5.60 Å². The number of likely N-dealkylation sites (tertiary alicyclic amines) is 1. The van der Waals surface area contributed by atoms with Crippen LogP contribution in [0.2, 0.25) is 0 Å². The molecule has 0 aromatic heterocycles. The maximum Gasteiger partial charge on any atom is 0.410 e. The van der Waals surface area contributed by atoms with Gasteiger partial charge in [-0.15, -0.1) is 0 Å². The fourth-order valence-electron chi connectivity index (χ4n) is 2.10. The number of ether oxygens (including phenoxy) is 1. The number of nitrogens with one attached hydrogen (secondary N) is 1. The first-order valence-corrected chi connectivity index (χ1v) is 7.29. The Morgan fingerprint density at radius 3 is 2.40 bits per heavy atom. The molecule has 1 rings (SSSR count). The third-order valence-corrected chi connectivity index (χ3v) is 3.12. The highest BCUT2D eigenvalue weighted by Crippen LogP contribution is 2.15. The number of carbonyl (C=O) groups is 2. The van der Waals surface area contributed by atoms with Crippen molar-refractivity contribution in [3.63, 3.8) is 0 Å². The number of amides is 2. The van der Waals surface area contributed by atoms with E-state index in [1.54, 1.807) is 4.90 Å². The van der Waals surface area contributed by atoms with E-state index >= 15 is 0 Å². The Morgan fingerprint density at radius 2 is 1.90 bits per heavy atom. The van der Waals surface area contributed by atoms with Crippen LogP contribution in [0, 0.1) is 0 Å². The zero-order chi connectivity index (χ0) is 15.2. The number of nitrogens with two attached hydrogens (primary N) is 1. The van der Waals surface area contributed by atoms with Gasteiger partial charge >= 0.3 is 6.09 Å². The molecule has 1 saturated heterocycles. The highest BCUT2D eigenvalue weighted by atomic mass is 16.6. The van der Waals surface area contributed by atoms with Gasteiger partial charge in [-0.3, -0.25) is 4.79 Å². The molecule has 1 fully saturated rings. The van der Waals surface area contributed by atoms with Crippen molar-refractivity contribution in [2.75, 3.05) is 19.6 Å². The average molecular weight is 285 g/mol. The quantitative estimate of drug-likeness (QED) is 0.814. The normalized spacial score (nSPS) is 16.9. The molecule has 0 aromatic carbocycles. The Morgan fingerprint density at radius 1 is 1.30 bits per heavy atom. The molecule has 0 saturated carbocycles. The van der Waals surface area contributed by atoms with Gasteiger partial charge < -0.3 is 20.7 Å². The lowest BCUT2D eigenvalue weighted by atomic mass is 10.1. The third-order valence-electron chi connectivity index (χ3n) is 3.12. The van der Waals surface area contributed by atoms with Crippen LogP contribution in [-0.4, -0.2) is 48.2 Å². The smallest absolute Gasteiger partial charge is 0.410 e. The highest BCUT2D eigenvalue weighted by Gasteiger charge is 2.27. The summed E-state index contributed by atoms with van der Waals surface area (Å²) in [4.78, 5) is 25.2. The number of carbonyl (C=O) groups excluding carboxylic acids is 2. The summed E-state index contributed by atoms with van der Waals surface area (Å²) in [5.41, 5.74) is 4.91. The molecular formula is C14H27N3O3. The minimum absolute atomic E-state index is 0.0474. The number of piperidine rings is 1. The molecule has 0 aliphatic carbocycles. The largest absolute Gasteiger partial charge is 0.444 e. The van der Waals surface area contributed by atoms with Gasteiger partial charge in [-0.25, -0.2) is 4.79 Å². The van der Waals surface area contributed by atoms with Gasteiger partial charge in [0, 0.05) is 25.6 Å². The molecular weight excluding hydrogens is 258 g/mol. The lowest BCUT2D eigenvalue weighted by molar-refractivity contribution is -0.122. The van der Waals surface area contributed by atoms with Gasteiger partial charge in [-0.05, 0) is 46.6 Å². The molecule has 1 heterocycles. The fourth-order valence-corrected chi connectivity index (χ4v) is 2.10. The lowest BCUT2D eigenvalue weighted by Crippen LogP contribution is -2.47. The second-order valence-corrected chi connectivity index (χ2v) is 6.20. The van der Waals surface area contributed by atoms with E-state index in [1.165, 1.54) is 0 Å². The summed E-state index contributed by atoms with van der Waals surface area (Å²) in [6, 6.07) is 0.152. The minimum Gasteiger partial charge on any atom is -0.444 e. The first-order valence-electron chi connectivity index (χ1n) is 7.29. The summed E-state index contributed by atoms with van der Waals surface area (Å²) in [6.45, 7) is 7.35. The summed E-state index contributed by atoms with van der Waals surface area (Å²) in [7, 11) is 0. The number of rotatable bonds is 4. The summed E-state index contributed by atoms with van der Waals surface area (Å²) >= 11 is 0. The summed E-state index contributed by atoms with van der Waals surface area (Å²) < 4.78 is 5.33. The Bertz CT molecular complexity index is 331. The van der Waals surface area contributed by atoms with Crippen LogP contribution in [0.25, 0.3) is 0 Å². The van der Waals surface area contributed by atoms with Crippen LogP contribution in [0.5, 0.6) is 0 Å².